The molecule has 0 saturated carbocycles. The summed E-state index contributed by atoms with van der Waals surface area (Å²) in [5, 5.41) is 2.99. The first-order valence-corrected chi connectivity index (χ1v) is 13.4. The van der Waals surface area contributed by atoms with Crippen LogP contribution in [0, 0.1) is 6.92 Å². The predicted octanol–water partition coefficient (Wildman–Crippen LogP) is 6.01. The van der Waals surface area contributed by atoms with Crippen LogP contribution in [0.3, 0.4) is 0 Å². The molecule has 0 saturated heterocycles. The molecule has 4 aromatic rings. The molecule has 1 amide bonds. The number of fused-ring (bicyclic) bond motifs is 1. The first kappa shape index (κ1) is 25.7. The normalized spacial score (nSPS) is 15.9. The lowest BCUT2D eigenvalue weighted by Gasteiger charge is -2.38. The van der Waals surface area contributed by atoms with Gasteiger partial charge in [0.15, 0.2) is 6.10 Å². The van der Waals surface area contributed by atoms with E-state index in [1.54, 1.807) is 12.4 Å². The quantitative estimate of drug-likeness (QED) is 0.303. The van der Waals surface area contributed by atoms with Gasteiger partial charge in [0.05, 0.1) is 6.04 Å². The Bertz CT molecular complexity index is 1360. The summed E-state index contributed by atoms with van der Waals surface area (Å²) in [4.78, 5) is 19.6. The first-order chi connectivity index (χ1) is 18.6. The van der Waals surface area contributed by atoms with Gasteiger partial charge in [-0.1, -0.05) is 79.2 Å². The van der Waals surface area contributed by atoms with Crippen molar-refractivity contribution in [3.63, 3.8) is 0 Å². The van der Waals surface area contributed by atoms with Crippen molar-refractivity contribution in [3.8, 4) is 5.75 Å². The van der Waals surface area contributed by atoms with Crippen molar-refractivity contribution < 1.29 is 9.53 Å². The van der Waals surface area contributed by atoms with Gasteiger partial charge in [0.2, 0.25) is 0 Å². The molecule has 5 rings (SSSR count). The molecule has 194 valence electrons. The highest BCUT2D eigenvalue weighted by Crippen LogP contribution is 2.38. The number of nitrogens with one attached hydrogen (secondary N) is 1. The fraction of sp³-hybridized carbons (Fsp3) is 0.273. The number of hydrogen-bond donors (Lipinski definition) is 1. The minimum absolute atomic E-state index is 0.114. The Morgan fingerprint density at radius 1 is 1.03 bits per heavy atom. The van der Waals surface area contributed by atoms with Crippen LogP contribution in [0.25, 0.3) is 0 Å². The fourth-order valence-electron chi connectivity index (χ4n) is 5.25. The zero-order chi connectivity index (χ0) is 26.3. The van der Waals surface area contributed by atoms with Gasteiger partial charge in [-0.3, -0.25) is 14.7 Å². The highest BCUT2D eigenvalue weighted by molar-refractivity contribution is 5.81. The molecule has 2 unspecified atom stereocenters. The van der Waals surface area contributed by atoms with Gasteiger partial charge in [-0.05, 0) is 65.8 Å². The van der Waals surface area contributed by atoms with E-state index in [1.807, 2.05) is 25.1 Å². The van der Waals surface area contributed by atoms with Crippen molar-refractivity contribution in [2.45, 2.75) is 51.9 Å². The highest BCUT2D eigenvalue weighted by Gasteiger charge is 2.30. The number of ether oxygens (including phenoxy) is 1. The van der Waals surface area contributed by atoms with E-state index in [4.69, 9.17) is 4.74 Å². The molecule has 2 atom stereocenters. The Hall–Kier alpha value is -3.96. The molecule has 3 aromatic carbocycles. The van der Waals surface area contributed by atoms with Crippen LogP contribution in [0.15, 0.2) is 97.3 Å². The number of rotatable bonds is 9. The number of pyridine rings is 1. The summed E-state index contributed by atoms with van der Waals surface area (Å²) < 4.78 is 6.29. The van der Waals surface area contributed by atoms with Gasteiger partial charge in [-0.25, -0.2) is 0 Å². The summed E-state index contributed by atoms with van der Waals surface area (Å²) in [6.07, 6.45) is 4.49. The molecule has 1 aliphatic heterocycles. The van der Waals surface area contributed by atoms with E-state index < -0.39 is 6.10 Å². The van der Waals surface area contributed by atoms with E-state index in [-0.39, 0.29) is 11.9 Å². The maximum atomic E-state index is 12.9. The van der Waals surface area contributed by atoms with Crippen LogP contribution in [-0.2, 0) is 24.3 Å². The van der Waals surface area contributed by atoms with Gasteiger partial charge in [-0.15, -0.1) is 0 Å². The molecular weight excluding hydrogens is 470 g/mol. The van der Waals surface area contributed by atoms with Gasteiger partial charge in [0, 0.05) is 32.0 Å². The number of nitrogens with zero attached hydrogens (tertiary/aromatic N) is 2. The van der Waals surface area contributed by atoms with Crippen molar-refractivity contribution >= 4 is 5.91 Å². The summed E-state index contributed by atoms with van der Waals surface area (Å²) in [6, 6.07) is 29.7. The Labute approximate surface area is 225 Å². The maximum absolute atomic E-state index is 12.9. The lowest BCUT2D eigenvalue weighted by atomic mass is 9.87. The minimum atomic E-state index is -0.563. The third-order valence-corrected chi connectivity index (χ3v) is 7.16. The number of carbonyl (C=O) groups excluding carboxylic acids is 1. The largest absolute Gasteiger partial charge is 0.481 e. The van der Waals surface area contributed by atoms with Crippen LogP contribution in [-0.4, -0.2) is 28.4 Å². The molecule has 0 fully saturated rings. The maximum Gasteiger partial charge on any atom is 0.261 e. The molecule has 0 aliphatic carbocycles. The number of hydrogen-bond acceptors (Lipinski definition) is 4. The zero-order valence-electron chi connectivity index (χ0n) is 22.1. The summed E-state index contributed by atoms with van der Waals surface area (Å²) in [5.41, 5.74) is 7.40. The molecule has 1 aliphatic rings. The molecule has 1 aromatic heterocycles. The predicted molar refractivity (Wildman–Crippen MR) is 151 cm³/mol. The average molecular weight is 506 g/mol. The van der Waals surface area contributed by atoms with Gasteiger partial charge < -0.3 is 10.1 Å². The van der Waals surface area contributed by atoms with Crippen molar-refractivity contribution in [3.05, 3.63) is 131 Å². The second kappa shape index (κ2) is 12.1. The molecule has 1 N–H and O–H groups in total. The Morgan fingerprint density at radius 2 is 1.87 bits per heavy atom. The molecule has 38 heavy (non-hydrogen) atoms. The number of amides is 1. The third-order valence-electron chi connectivity index (χ3n) is 7.16. The van der Waals surface area contributed by atoms with Crippen LogP contribution < -0.4 is 10.1 Å². The van der Waals surface area contributed by atoms with Gasteiger partial charge >= 0.3 is 0 Å². The second-order valence-electron chi connectivity index (χ2n) is 9.98. The summed E-state index contributed by atoms with van der Waals surface area (Å²) >= 11 is 0. The first-order valence-electron chi connectivity index (χ1n) is 13.4. The van der Waals surface area contributed by atoms with Crippen LogP contribution in [0.4, 0.5) is 0 Å². The van der Waals surface area contributed by atoms with Crippen molar-refractivity contribution in [1.82, 2.24) is 15.2 Å². The van der Waals surface area contributed by atoms with E-state index in [0.717, 1.165) is 30.8 Å². The summed E-state index contributed by atoms with van der Waals surface area (Å²) in [6.45, 7) is 6.41. The van der Waals surface area contributed by atoms with E-state index in [1.165, 1.54) is 27.8 Å². The lowest BCUT2D eigenvalue weighted by molar-refractivity contribution is -0.128. The smallest absolute Gasteiger partial charge is 0.261 e. The summed E-state index contributed by atoms with van der Waals surface area (Å²) in [5.74, 6) is 0.611. The van der Waals surface area contributed by atoms with Gasteiger partial charge in [0.1, 0.15) is 5.75 Å². The molecule has 5 nitrogen and oxygen atoms in total. The molecule has 0 radical (unpaired) electrons. The monoisotopic (exact) mass is 505 g/mol. The van der Waals surface area contributed by atoms with Crippen LogP contribution >= 0.6 is 0 Å². The number of aromatic nitrogens is 1. The molecule has 5 heteroatoms. The standard InChI is InChI=1S/C33H35N3O2/c1-3-31(33(37)35-22-26-11-8-17-34-21-26)38-29-15-14-27-16-18-36(23-25-10-7-9-24(2)19-25)32(30(27)20-29)28-12-5-4-6-13-28/h4-15,17,19-21,31-32H,3,16,18,22-23H2,1-2H3,(H,35,37). The summed E-state index contributed by atoms with van der Waals surface area (Å²) in [7, 11) is 0. The third kappa shape index (κ3) is 6.12. The lowest BCUT2D eigenvalue weighted by Crippen LogP contribution is -2.38. The van der Waals surface area contributed by atoms with E-state index in [9.17, 15) is 4.79 Å². The molecular formula is C33H35N3O2. The minimum Gasteiger partial charge on any atom is -0.481 e. The number of carbonyl (C=O) groups is 1. The second-order valence-corrected chi connectivity index (χ2v) is 9.98. The van der Waals surface area contributed by atoms with E-state index >= 15 is 0 Å². The van der Waals surface area contributed by atoms with Gasteiger partial charge in [0.25, 0.3) is 5.91 Å². The van der Waals surface area contributed by atoms with Crippen LogP contribution in [0.2, 0.25) is 0 Å². The van der Waals surface area contributed by atoms with E-state index in [2.05, 4.69) is 88.9 Å². The topological polar surface area (TPSA) is 54.5 Å². The SMILES string of the molecule is CCC(Oc1ccc2c(c1)C(c1ccccc1)N(Cc1cccc(C)c1)CC2)C(=O)NCc1cccnc1. The van der Waals surface area contributed by atoms with Crippen molar-refractivity contribution in [2.24, 2.45) is 0 Å². The number of benzene rings is 3. The number of aryl methyl sites for hydroxylation is 1. The van der Waals surface area contributed by atoms with Crippen molar-refractivity contribution in [2.75, 3.05) is 6.54 Å². The Kier molecular flexibility index (Phi) is 8.15. The Balaban J connectivity index is 1.38. The van der Waals surface area contributed by atoms with Gasteiger partial charge in [-0.2, -0.15) is 0 Å². The highest BCUT2D eigenvalue weighted by atomic mass is 16.5. The van der Waals surface area contributed by atoms with E-state index in [0.29, 0.717) is 13.0 Å². The zero-order valence-corrected chi connectivity index (χ0v) is 22.1. The average Bonchev–Trinajstić information content (AvgIpc) is 2.95. The molecule has 0 spiro atoms. The van der Waals surface area contributed by atoms with Crippen LogP contribution in [0.5, 0.6) is 5.75 Å². The van der Waals surface area contributed by atoms with Crippen LogP contribution in [0.1, 0.15) is 52.8 Å². The molecule has 2 heterocycles. The fourth-order valence-corrected chi connectivity index (χ4v) is 5.25. The van der Waals surface area contributed by atoms with Crippen molar-refractivity contribution in [1.29, 1.82) is 0 Å². The Morgan fingerprint density at radius 3 is 2.63 bits per heavy atom. The molecule has 0 bridgehead atoms.